The molecule has 0 aliphatic heterocycles. The normalized spacial score (nSPS) is 10.9. The van der Waals surface area contributed by atoms with Crippen molar-refractivity contribution >= 4 is 28.6 Å². The van der Waals surface area contributed by atoms with Gasteiger partial charge in [0.2, 0.25) is 0 Å². The smallest absolute Gasteiger partial charge is 0.339 e. The zero-order valence-corrected chi connectivity index (χ0v) is 14.9. The van der Waals surface area contributed by atoms with Gasteiger partial charge in [-0.1, -0.05) is 18.2 Å². The number of pyridine rings is 1. The number of aryl methyl sites for hydroxylation is 1. The average molecular weight is 352 g/mol. The summed E-state index contributed by atoms with van der Waals surface area (Å²) in [6.07, 6.45) is 1.60. The van der Waals surface area contributed by atoms with E-state index in [1.54, 1.807) is 29.1 Å². The predicted molar refractivity (Wildman–Crippen MR) is 98.0 cm³/mol. The number of amides is 1. The fourth-order valence-corrected chi connectivity index (χ4v) is 2.69. The maximum Gasteiger partial charge on any atom is 0.339 e. The van der Waals surface area contributed by atoms with E-state index >= 15 is 0 Å². The van der Waals surface area contributed by atoms with Gasteiger partial charge in [0.1, 0.15) is 5.82 Å². The Kier molecular flexibility index (Phi) is 4.97. The van der Waals surface area contributed by atoms with Crippen LogP contribution in [0.4, 0.5) is 5.82 Å². The minimum Gasteiger partial charge on any atom is -0.452 e. The largest absolute Gasteiger partial charge is 0.452 e. The zero-order valence-electron chi connectivity index (χ0n) is 14.9. The van der Waals surface area contributed by atoms with E-state index in [0.29, 0.717) is 28.0 Å². The highest BCUT2D eigenvalue weighted by molar-refractivity contribution is 6.04. The van der Waals surface area contributed by atoms with E-state index in [1.807, 2.05) is 39.0 Å². The summed E-state index contributed by atoms with van der Waals surface area (Å²) in [5.74, 6) is -0.415. The van der Waals surface area contributed by atoms with Gasteiger partial charge in [0.15, 0.2) is 6.61 Å². The summed E-state index contributed by atoms with van der Waals surface area (Å²) in [7, 11) is 0. The summed E-state index contributed by atoms with van der Waals surface area (Å²) in [5.41, 5.74) is 1.82. The Labute approximate surface area is 151 Å². The summed E-state index contributed by atoms with van der Waals surface area (Å²) in [6.45, 7) is 5.35. The first-order valence-electron chi connectivity index (χ1n) is 8.32. The van der Waals surface area contributed by atoms with Crippen LogP contribution in [0.5, 0.6) is 0 Å². The lowest BCUT2D eigenvalue weighted by molar-refractivity contribution is -0.119. The van der Waals surface area contributed by atoms with Crippen molar-refractivity contribution in [1.29, 1.82) is 0 Å². The van der Waals surface area contributed by atoms with Crippen LogP contribution in [0.1, 0.15) is 35.9 Å². The van der Waals surface area contributed by atoms with Gasteiger partial charge in [0.25, 0.3) is 5.91 Å². The van der Waals surface area contributed by atoms with Crippen LogP contribution in [-0.2, 0) is 9.53 Å². The molecule has 0 aliphatic rings. The van der Waals surface area contributed by atoms with E-state index in [0.717, 1.165) is 0 Å². The SMILES string of the molecule is Cc1cc(C(=O)OCC(=O)Nc2ccnn2C(C)C)c2ccccc2n1. The molecule has 0 spiro atoms. The number of hydrogen-bond acceptors (Lipinski definition) is 5. The fraction of sp³-hybridized carbons (Fsp3) is 0.263. The van der Waals surface area contributed by atoms with Gasteiger partial charge in [0.05, 0.1) is 17.3 Å². The number of para-hydroxylation sites is 1. The van der Waals surface area contributed by atoms with Crippen molar-refractivity contribution < 1.29 is 14.3 Å². The number of nitrogens with one attached hydrogen (secondary N) is 1. The number of rotatable bonds is 5. The van der Waals surface area contributed by atoms with Crippen LogP contribution >= 0.6 is 0 Å². The van der Waals surface area contributed by atoms with Crippen LogP contribution in [0.2, 0.25) is 0 Å². The number of nitrogens with zero attached hydrogens (tertiary/aromatic N) is 3. The van der Waals surface area contributed by atoms with Gasteiger partial charge in [-0.2, -0.15) is 5.10 Å². The quantitative estimate of drug-likeness (QED) is 0.713. The number of aromatic nitrogens is 3. The van der Waals surface area contributed by atoms with Crippen molar-refractivity contribution in [2.75, 3.05) is 11.9 Å². The maximum atomic E-state index is 12.4. The van der Waals surface area contributed by atoms with Gasteiger partial charge in [-0.25, -0.2) is 9.48 Å². The third kappa shape index (κ3) is 3.72. The van der Waals surface area contributed by atoms with Gasteiger partial charge in [0, 0.05) is 23.2 Å². The molecule has 0 saturated carbocycles. The van der Waals surface area contributed by atoms with Crippen LogP contribution < -0.4 is 5.32 Å². The fourth-order valence-electron chi connectivity index (χ4n) is 2.69. The minimum atomic E-state index is -0.556. The molecule has 0 atom stereocenters. The number of anilines is 1. The Bertz CT molecular complexity index is 962. The Morgan fingerprint density at radius 2 is 2.00 bits per heavy atom. The first-order valence-corrected chi connectivity index (χ1v) is 8.32. The van der Waals surface area contributed by atoms with Crippen LogP contribution in [-0.4, -0.2) is 33.2 Å². The van der Waals surface area contributed by atoms with E-state index in [-0.39, 0.29) is 12.6 Å². The van der Waals surface area contributed by atoms with Crippen molar-refractivity contribution in [3.63, 3.8) is 0 Å². The van der Waals surface area contributed by atoms with Crippen molar-refractivity contribution in [3.05, 3.63) is 53.9 Å². The molecule has 0 saturated heterocycles. The molecule has 2 aromatic heterocycles. The summed E-state index contributed by atoms with van der Waals surface area (Å²) >= 11 is 0. The topological polar surface area (TPSA) is 86.1 Å². The molecular weight excluding hydrogens is 332 g/mol. The van der Waals surface area contributed by atoms with Crippen LogP contribution in [0.3, 0.4) is 0 Å². The Morgan fingerprint density at radius 1 is 1.23 bits per heavy atom. The van der Waals surface area contributed by atoms with Crippen molar-refractivity contribution in [2.45, 2.75) is 26.8 Å². The monoisotopic (exact) mass is 352 g/mol. The van der Waals surface area contributed by atoms with E-state index in [1.165, 1.54) is 0 Å². The van der Waals surface area contributed by atoms with Gasteiger partial charge < -0.3 is 10.1 Å². The molecule has 0 fully saturated rings. The molecule has 2 heterocycles. The average Bonchev–Trinajstić information content (AvgIpc) is 3.07. The second-order valence-corrected chi connectivity index (χ2v) is 6.21. The number of carbonyl (C=O) groups is 2. The molecule has 0 bridgehead atoms. The molecule has 0 radical (unpaired) electrons. The van der Waals surface area contributed by atoms with Crippen LogP contribution in [0, 0.1) is 6.92 Å². The first kappa shape index (κ1) is 17.6. The molecule has 0 unspecified atom stereocenters. The number of esters is 1. The molecule has 26 heavy (non-hydrogen) atoms. The van der Waals surface area contributed by atoms with Gasteiger partial charge >= 0.3 is 5.97 Å². The number of hydrogen-bond donors (Lipinski definition) is 1. The Morgan fingerprint density at radius 3 is 2.77 bits per heavy atom. The number of fused-ring (bicyclic) bond motifs is 1. The lowest BCUT2D eigenvalue weighted by Gasteiger charge is -2.12. The Balaban J connectivity index is 1.69. The number of ether oxygens (including phenoxy) is 1. The predicted octanol–water partition coefficient (Wildman–Crippen LogP) is 3.12. The molecule has 3 rings (SSSR count). The van der Waals surface area contributed by atoms with E-state index in [2.05, 4.69) is 15.4 Å². The molecule has 7 heteroatoms. The van der Waals surface area contributed by atoms with Gasteiger partial charge in [-0.15, -0.1) is 0 Å². The third-order valence-corrected chi connectivity index (χ3v) is 3.83. The van der Waals surface area contributed by atoms with Gasteiger partial charge in [-0.05, 0) is 32.9 Å². The van der Waals surface area contributed by atoms with Crippen molar-refractivity contribution in [1.82, 2.24) is 14.8 Å². The van der Waals surface area contributed by atoms with Crippen molar-refractivity contribution in [2.24, 2.45) is 0 Å². The number of carbonyl (C=O) groups excluding carboxylic acids is 2. The second-order valence-electron chi connectivity index (χ2n) is 6.21. The van der Waals surface area contributed by atoms with E-state index in [4.69, 9.17) is 4.74 Å². The summed E-state index contributed by atoms with van der Waals surface area (Å²) in [6, 6.07) is 10.8. The standard InChI is InChI=1S/C19H20N4O3/c1-12(2)23-17(8-9-20-23)22-18(24)11-26-19(25)15-10-13(3)21-16-7-5-4-6-14(15)16/h4-10,12H,11H2,1-3H3,(H,22,24). The molecule has 1 N–H and O–H groups in total. The molecular formula is C19H20N4O3. The molecule has 1 amide bonds. The van der Waals surface area contributed by atoms with Crippen molar-refractivity contribution in [3.8, 4) is 0 Å². The molecule has 3 aromatic rings. The highest BCUT2D eigenvalue weighted by atomic mass is 16.5. The second kappa shape index (κ2) is 7.35. The highest BCUT2D eigenvalue weighted by Gasteiger charge is 2.16. The lowest BCUT2D eigenvalue weighted by Crippen LogP contribution is -2.23. The lowest BCUT2D eigenvalue weighted by atomic mass is 10.1. The highest BCUT2D eigenvalue weighted by Crippen LogP contribution is 2.19. The van der Waals surface area contributed by atoms with Crippen LogP contribution in [0.25, 0.3) is 10.9 Å². The molecule has 1 aromatic carbocycles. The molecule has 134 valence electrons. The Hall–Kier alpha value is -3.22. The summed E-state index contributed by atoms with van der Waals surface area (Å²) < 4.78 is 6.87. The molecule has 0 aliphatic carbocycles. The van der Waals surface area contributed by atoms with Crippen LogP contribution in [0.15, 0.2) is 42.6 Å². The number of benzene rings is 1. The first-order chi connectivity index (χ1) is 12.5. The third-order valence-electron chi connectivity index (χ3n) is 3.83. The maximum absolute atomic E-state index is 12.4. The minimum absolute atomic E-state index is 0.106. The summed E-state index contributed by atoms with van der Waals surface area (Å²) in [5, 5.41) is 7.54. The molecule has 7 nitrogen and oxygen atoms in total. The van der Waals surface area contributed by atoms with E-state index in [9.17, 15) is 9.59 Å². The van der Waals surface area contributed by atoms with E-state index < -0.39 is 11.9 Å². The van der Waals surface area contributed by atoms with Gasteiger partial charge in [-0.3, -0.25) is 9.78 Å². The summed E-state index contributed by atoms with van der Waals surface area (Å²) in [4.78, 5) is 28.9. The zero-order chi connectivity index (χ0) is 18.7.